The smallest absolute Gasteiger partial charge is 0.230 e. The number of hydrogen-bond acceptors (Lipinski definition) is 4. The van der Waals surface area contributed by atoms with Gasteiger partial charge >= 0.3 is 0 Å². The summed E-state index contributed by atoms with van der Waals surface area (Å²) in [6.45, 7) is 7.50. The highest BCUT2D eigenvalue weighted by Crippen LogP contribution is 2.41. The molecule has 1 saturated heterocycles. The van der Waals surface area contributed by atoms with E-state index < -0.39 is 5.41 Å². The summed E-state index contributed by atoms with van der Waals surface area (Å²) in [5.41, 5.74) is 1.75. The number of benzene rings is 1. The summed E-state index contributed by atoms with van der Waals surface area (Å²) in [5.74, 6) is 1.15. The molecule has 6 nitrogen and oxygen atoms in total. The number of anilines is 1. The molecule has 0 bridgehead atoms. The van der Waals surface area contributed by atoms with Crippen molar-refractivity contribution in [3.05, 3.63) is 58.7 Å². The van der Waals surface area contributed by atoms with Crippen molar-refractivity contribution in [2.24, 2.45) is 5.92 Å². The third-order valence-electron chi connectivity index (χ3n) is 7.78. The van der Waals surface area contributed by atoms with E-state index in [1.54, 1.807) is 0 Å². The highest BCUT2D eigenvalue weighted by atomic mass is 35.5. The Kier molecular flexibility index (Phi) is 9.02. The van der Waals surface area contributed by atoms with Gasteiger partial charge in [-0.3, -0.25) is 9.59 Å². The van der Waals surface area contributed by atoms with Gasteiger partial charge in [0, 0.05) is 29.1 Å². The van der Waals surface area contributed by atoms with E-state index in [0.717, 1.165) is 75.8 Å². The lowest BCUT2D eigenvalue weighted by atomic mass is 9.78. The van der Waals surface area contributed by atoms with Crippen molar-refractivity contribution >= 4 is 29.2 Å². The number of carbonyl (C=O) groups excluding carboxylic acids is 2. The molecule has 0 unspecified atom stereocenters. The second kappa shape index (κ2) is 12.2. The van der Waals surface area contributed by atoms with E-state index in [0.29, 0.717) is 23.3 Å². The predicted molar refractivity (Wildman–Crippen MR) is 145 cm³/mol. The normalized spacial score (nSPS) is 18.3. The highest BCUT2D eigenvalue weighted by Gasteiger charge is 2.42. The van der Waals surface area contributed by atoms with Gasteiger partial charge in [0.25, 0.3) is 0 Å². The van der Waals surface area contributed by atoms with Gasteiger partial charge in [0.2, 0.25) is 11.8 Å². The lowest BCUT2D eigenvalue weighted by Gasteiger charge is -2.32. The van der Waals surface area contributed by atoms with E-state index in [4.69, 9.17) is 16.6 Å². The first kappa shape index (κ1) is 26.6. The molecule has 2 amide bonds. The molecule has 7 heteroatoms. The van der Waals surface area contributed by atoms with Gasteiger partial charge in [-0.1, -0.05) is 56.5 Å². The minimum absolute atomic E-state index is 0.00595. The minimum Gasteiger partial charge on any atom is -0.355 e. The molecule has 0 spiro atoms. The van der Waals surface area contributed by atoms with Crippen molar-refractivity contribution in [2.45, 2.75) is 70.1 Å². The number of amides is 2. The van der Waals surface area contributed by atoms with E-state index in [9.17, 15) is 9.59 Å². The van der Waals surface area contributed by atoms with E-state index >= 15 is 0 Å². The third kappa shape index (κ3) is 6.46. The standard InChI is InChI=1S/C29H39ClN4O2/c1-21(2)27(35)33-26-8-5-7-25(32-26)22-13-19-34(20-14-22)18-6-17-31-28(36)29(15-3-4-16-29)23-9-11-24(30)12-10-23/h5,7-12,21-22H,3-4,6,13-20H2,1-2H3,(H,31,36)(H,32,33,35). The first-order chi connectivity index (χ1) is 17.4. The Morgan fingerprint density at radius 3 is 2.44 bits per heavy atom. The Morgan fingerprint density at radius 2 is 1.78 bits per heavy atom. The lowest BCUT2D eigenvalue weighted by Crippen LogP contribution is -2.43. The van der Waals surface area contributed by atoms with Gasteiger partial charge in [0.05, 0.1) is 5.41 Å². The summed E-state index contributed by atoms with van der Waals surface area (Å²) in [4.78, 5) is 32.4. The van der Waals surface area contributed by atoms with Gasteiger partial charge in [-0.15, -0.1) is 0 Å². The van der Waals surface area contributed by atoms with Crippen LogP contribution in [0.4, 0.5) is 5.82 Å². The first-order valence-corrected chi connectivity index (χ1v) is 13.8. The van der Waals surface area contributed by atoms with Crippen molar-refractivity contribution in [3.8, 4) is 0 Å². The molecule has 4 rings (SSSR count). The summed E-state index contributed by atoms with van der Waals surface area (Å²) >= 11 is 6.07. The highest BCUT2D eigenvalue weighted by molar-refractivity contribution is 6.30. The fourth-order valence-electron chi connectivity index (χ4n) is 5.54. The number of nitrogens with one attached hydrogen (secondary N) is 2. The van der Waals surface area contributed by atoms with Crippen molar-refractivity contribution < 1.29 is 9.59 Å². The van der Waals surface area contributed by atoms with Crippen molar-refractivity contribution in [3.63, 3.8) is 0 Å². The maximum Gasteiger partial charge on any atom is 0.230 e. The van der Waals surface area contributed by atoms with Crippen LogP contribution in [0, 0.1) is 5.92 Å². The maximum absolute atomic E-state index is 13.2. The maximum atomic E-state index is 13.2. The number of carbonyl (C=O) groups is 2. The van der Waals surface area contributed by atoms with Crippen LogP contribution in [0.1, 0.15) is 76.0 Å². The van der Waals surface area contributed by atoms with Gasteiger partial charge in [-0.05, 0) is 81.6 Å². The number of halogens is 1. The topological polar surface area (TPSA) is 74.3 Å². The minimum atomic E-state index is -0.404. The molecule has 1 aromatic carbocycles. The number of rotatable bonds is 9. The monoisotopic (exact) mass is 510 g/mol. The number of piperidine rings is 1. The van der Waals surface area contributed by atoms with Crippen LogP contribution in [0.2, 0.25) is 5.02 Å². The zero-order chi connectivity index (χ0) is 25.5. The first-order valence-electron chi connectivity index (χ1n) is 13.4. The molecule has 36 heavy (non-hydrogen) atoms. The average Bonchev–Trinajstić information content (AvgIpc) is 3.39. The summed E-state index contributed by atoms with van der Waals surface area (Å²) in [7, 11) is 0. The molecule has 2 fully saturated rings. The van der Waals surface area contributed by atoms with Gasteiger partial charge in [0.15, 0.2) is 0 Å². The fourth-order valence-corrected chi connectivity index (χ4v) is 5.67. The van der Waals surface area contributed by atoms with Crippen molar-refractivity contribution in [2.75, 3.05) is 31.5 Å². The molecular formula is C29H39ClN4O2. The average molecular weight is 511 g/mol. The predicted octanol–water partition coefficient (Wildman–Crippen LogP) is 5.53. The van der Waals surface area contributed by atoms with Gasteiger partial charge < -0.3 is 15.5 Å². The van der Waals surface area contributed by atoms with Crippen LogP contribution in [0.3, 0.4) is 0 Å². The zero-order valence-electron chi connectivity index (χ0n) is 21.6. The molecule has 2 heterocycles. The third-order valence-corrected chi connectivity index (χ3v) is 8.03. The van der Waals surface area contributed by atoms with Gasteiger partial charge in [-0.2, -0.15) is 0 Å². The van der Waals surface area contributed by atoms with Gasteiger partial charge in [-0.25, -0.2) is 4.98 Å². The Labute approximate surface area is 220 Å². The second-order valence-corrected chi connectivity index (χ2v) is 11.0. The molecule has 0 atom stereocenters. The number of likely N-dealkylation sites (tertiary alicyclic amines) is 1. The zero-order valence-corrected chi connectivity index (χ0v) is 22.3. The molecule has 194 valence electrons. The van der Waals surface area contributed by atoms with Crippen molar-refractivity contribution in [1.29, 1.82) is 0 Å². The van der Waals surface area contributed by atoms with Crippen LogP contribution in [0.15, 0.2) is 42.5 Å². The molecular weight excluding hydrogens is 472 g/mol. The lowest BCUT2D eigenvalue weighted by molar-refractivity contribution is -0.126. The SMILES string of the molecule is CC(C)C(=O)Nc1cccc(C2CCN(CCCNC(=O)C3(c4ccc(Cl)cc4)CCCC3)CC2)n1. The van der Waals surface area contributed by atoms with E-state index in [1.165, 1.54) is 0 Å². The van der Waals surface area contributed by atoms with Gasteiger partial charge in [0.1, 0.15) is 5.82 Å². The molecule has 1 aliphatic carbocycles. The molecule has 2 aliphatic rings. The number of hydrogen-bond donors (Lipinski definition) is 2. The Morgan fingerprint density at radius 1 is 1.08 bits per heavy atom. The Balaban J connectivity index is 1.21. The second-order valence-electron chi connectivity index (χ2n) is 10.6. The molecule has 0 radical (unpaired) electrons. The summed E-state index contributed by atoms with van der Waals surface area (Å²) in [6.07, 6.45) is 7.05. The van der Waals surface area contributed by atoms with Crippen molar-refractivity contribution in [1.82, 2.24) is 15.2 Å². The quantitative estimate of drug-likeness (QED) is 0.435. The van der Waals surface area contributed by atoms with Crippen LogP contribution >= 0.6 is 11.6 Å². The van der Waals surface area contributed by atoms with E-state index in [2.05, 4.69) is 21.6 Å². The number of aromatic nitrogens is 1. The van der Waals surface area contributed by atoms with Crippen LogP contribution in [0.25, 0.3) is 0 Å². The Bertz CT molecular complexity index is 1030. The fraction of sp³-hybridized carbons (Fsp3) is 0.552. The summed E-state index contributed by atoms with van der Waals surface area (Å²) in [5, 5.41) is 6.85. The van der Waals surface area contributed by atoms with E-state index in [-0.39, 0.29) is 17.7 Å². The molecule has 1 aromatic heterocycles. The summed E-state index contributed by atoms with van der Waals surface area (Å²) in [6, 6.07) is 13.7. The van der Waals surface area contributed by atoms with E-state index in [1.807, 2.05) is 50.2 Å². The van der Waals surface area contributed by atoms with Crippen LogP contribution in [-0.2, 0) is 15.0 Å². The van der Waals surface area contributed by atoms with Crippen LogP contribution < -0.4 is 10.6 Å². The largest absolute Gasteiger partial charge is 0.355 e. The molecule has 1 aliphatic heterocycles. The molecule has 2 aromatic rings. The van der Waals surface area contributed by atoms with Crippen LogP contribution in [-0.4, -0.2) is 47.9 Å². The summed E-state index contributed by atoms with van der Waals surface area (Å²) < 4.78 is 0. The Hall–Kier alpha value is -2.44. The number of nitrogens with zero attached hydrogens (tertiary/aromatic N) is 2. The molecule has 2 N–H and O–H groups in total. The molecule has 1 saturated carbocycles. The van der Waals surface area contributed by atoms with Crippen LogP contribution in [0.5, 0.6) is 0 Å². The number of pyridine rings is 1.